The molecular formula is C24H46IN5O2. The lowest BCUT2D eigenvalue weighted by Crippen LogP contribution is -2.54. The minimum Gasteiger partial charge on any atom is -0.378 e. The minimum atomic E-state index is 0. The number of nitrogens with one attached hydrogen (secondary N) is 1. The Hall–Kier alpha value is -0.610. The second kappa shape index (κ2) is 16.1. The summed E-state index contributed by atoms with van der Waals surface area (Å²) in [6, 6.07) is 0. The van der Waals surface area contributed by atoms with E-state index in [4.69, 9.17) is 9.73 Å². The van der Waals surface area contributed by atoms with Crippen LogP contribution in [-0.4, -0.2) is 98.2 Å². The number of rotatable bonds is 10. The molecule has 0 spiro atoms. The van der Waals surface area contributed by atoms with Gasteiger partial charge >= 0.3 is 0 Å². The largest absolute Gasteiger partial charge is 0.378 e. The minimum absolute atomic E-state index is 0. The molecule has 1 saturated carbocycles. The molecule has 0 bridgehead atoms. The third-order valence-corrected chi connectivity index (χ3v) is 6.79. The van der Waals surface area contributed by atoms with Gasteiger partial charge in [-0.15, -0.1) is 24.0 Å². The molecule has 0 unspecified atom stereocenters. The number of carbonyl (C=O) groups is 1. The van der Waals surface area contributed by atoms with E-state index >= 15 is 0 Å². The summed E-state index contributed by atoms with van der Waals surface area (Å²) in [6.45, 7) is 11.0. The van der Waals surface area contributed by atoms with Gasteiger partial charge in [0.25, 0.3) is 0 Å². The molecule has 0 aromatic heterocycles. The highest BCUT2D eigenvalue weighted by molar-refractivity contribution is 14.0. The van der Waals surface area contributed by atoms with Crippen LogP contribution < -0.4 is 5.32 Å². The van der Waals surface area contributed by atoms with E-state index < -0.39 is 0 Å². The van der Waals surface area contributed by atoms with Crippen LogP contribution in [0, 0.1) is 0 Å². The van der Waals surface area contributed by atoms with Crippen molar-refractivity contribution in [1.29, 1.82) is 0 Å². The number of hydrogen-bond donors (Lipinski definition) is 1. The quantitative estimate of drug-likeness (QED) is 0.191. The summed E-state index contributed by atoms with van der Waals surface area (Å²) in [5.41, 5.74) is 0. The van der Waals surface area contributed by atoms with Gasteiger partial charge in [-0.05, 0) is 51.9 Å². The molecule has 7 nitrogen and oxygen atoms in total. The van der Waals surface area contributed by atoms with Crippen molar-refractivity contribution < 1.29 is 9.53 Å². The van der Waals surface area contributed by atoms with E-state index in [1.807, 2.05) is 4.90 Å². The molecule has 0 radical (unpaired) electrons. The Morgan fingerprint density at radius 1 is 0.906 bits per heavy atom. The van der Waals surface area contributed by atoms with Gasteiger partial charge in [0.1, 0.15) is 0 Å². The molecule has 186 valence electrons. The third kappa shape index (κ3) is 9.71. The summed E-state index contributed by atoms with van der Waals surface area (Å²) < 4.78 is 6.03. The number of unbranched alkanes of at least 4 members (excludes halogenated alkanes) is 2. The van der Waals surface area contributed by atoms with E-state index in [1.165, 1.54) is 38.5 Å². The maximum atomic E-state index is 12.4. The van der Waals surface area contributed by atoms with E-state index in [2.05, 4.69) is 22.0 Å². The van der Waals surface area contributed by atoms with E-state index in [9.17, 15) is 4.79 Å². The van der Waals surface area contributed by atoms with Gasteiger partial charge in [-0.1, -0.05) is 19.3 Å². The Bertz CT molecular complexity index is 543. The number of guanidine groups is 1. The molecule has 0 atom stereocenters. The number of nitrogens with zero attached hydrogens (tertiary/aromatic N) is 4. The van der Waals surface area contributed by atoms with Crippen molar-refractivity contribution in [2.75, 3.05) is 65.5 Å². The topological polar surface area (TPSA) is 60.4 Å². The van der Waals surface area contributed by atoms with Crippen LogP contribution in [0.2, 0.25) is 0 Å². The molecule has 1 N–H and O–H groups in total. The van der Waals surface area contributed by atoms with Crippen LogP contribution in [0.25, 0.3) is 0 Å². The maximum Gasteiger partial charge on any atom is 0.236 e. The molecule has 1 aliphatic carbocycles. The van der Waals surface area contributed by atoms with Gasteiger partial charge in [0.2, 0.25) is 5.91 Å². The highest BCUT2D eigenvalue weighted by atomic mass is 127. The highest BCUT2D eigenvalue weighted by Crippen LogP contribution is 2.20. The monoisotopic (exact) mass is 563 g/mol. The van der Waals surface area contributed by atoms with Crippen molar-refractivity contribution in [1.82, 2.24) is 20.0 Å². The fourth-order valence-electron chi connectivity index (χ4n) is 4.86. The third-order valence-electron chi connectivity index (χ3n) is 6.79. The zero-order chi connectivity index (χ0) is 21.7. The molecule has 0 aromatic carbocycles. The Morgan fingerprint density at radius 3 is 2.31 bits per heavy atom. The first kappa shape index (κ1) is 27.6. The summed E-state index contributed by atoms with van der Waals surface area (Å²) >= 11 is 0. The van der Waals surface area contributed by atoms with Crippen LogP contribution in [0.3, 0.4) is 0 Å². The number of piperazine rings is 1. The highest BCUT2D eigenvalue weighted by Gasteiger charge is 2.24. The van der Waals surface area contributed by atoms with E-state index in [0.717, 1.165) is 90.6 Å². The summed E-state index contributed by atoms with van der Waals surface area (Å²) in [7, 11) is 0. The van der Waals surface area contributed by atoms with Gasteiger partial charge in [-0.2, -0.15) is 0 Å². The number of amides is 1. The summed E-state index contributed by atoms with van der Waals surface area (Å²) in [6.07, 6.45) is 12.9. The number of hydrogen-bond acceptors (Lipinski definition) is 4. The number of likely N-dealkylation sites (tertiary alicyclic amines) is 1. The van der Waals surface area contributed by atoms with Gasteiger partial charge in [0.05, 0.1) is 12.6 Å². The molecule has 2 heterocycles. The standard InChI is InChI=1S/C24H45N5O2.HI/c1-2-25-24(26-13-7-4-10-20-31-22-11-5-3-6-12-22)29-18-16-27(17-19-29)21-23(30)28-14-8-9-15-28;/h22H,2-21H2,1H3,(H,25,26);1H. The zero-order valence-corrected chi connectivity index (χ0v) is 22.6. The lowest BCUT2D eigenvalue weighted by molar-refractivity contribution is -0.131. The number of halogens is 1. The van der Waals surface area contributed by atoms with Crippen molar-refractivity contribution in [3.05, 3.63) is 0 Å². The fraction of sp³-hybridized carbons (Fsp3) is 0.917. The smallest absolute Gasteiger partial charge is 0.236 e. The van der Waals surface area contributed by atoms with Gasteiger partial charge < -0.3 is 19.9 Å². The summed E-state index contributed by atoms with van der Waals surface area (Å²) in [4.78, 5) is 23.9. The Labute approximate surface area is 212 Å². The predicted octanol–water partition coefficient (Wildman–Crippen LogP) is 3.33. The van der Waals surface area contributed by atoms with Gasteiger partial charge in [0.15, 0.2) is 5.96 Å². The van der Waals surface area contributed by atoms with Crippen molar-refractivity contribution in [2.24, 2.45) is 4.99 Å². The molecule has 3 aliphatic rings. The van der Waals surface area contributed by atoms with Gasteiger partial charge in [-0.25, -0.2) is 0 Å². The molecule has 3 fully saturated rings. The van der Waals surface area contributed by atoms with Crippen LogP contribution in [0.15, 0.2) is 4.99 Å². The molecule has 1 amide bonds. The Morgan fingerprint density at radius 2 is 1.62 bits per heavy atom. The first-order valence-corrected chi connectivity index (χ1v) is 12.9. The Balaban J connectivity index is 0.00000363. The SMILES string of the molecule is CCNC(=NCCCCCOC1CCCCC1)N1CCN(CC(=O)N2CCCC2)CC1.I. The molecule has 3 rings (SSSR count). The first-order chi connectivity index (χ1) is 15.3. The van der Waals surface area contributed by atoms with Gasteiger partial charge in [0, 0.05) is 59.0 Å². The zero-order valence-electron chi connectivity index (χ0n) is 20.2. The fourth-order valence-corrected chi connectivity index (χ4v) is 4.86. The summed E-state index contributed by atoms with van der Waals surface area (Å²) in [5, 5.41) is 3.46. The first-order valence-electron chi connectivity index (χ1n) is 12.9. The van der Waals surface area contributed by atoms with Crippen LogP contribution in [0.4, 0.5) is 0 Å². The van der Waals surface area contributed by atoms with Crippen molar-refractivity contribution in [2.45, 2.75) is 77.2 Å². The Kier molecular flexibility index (Phi) is 13.9. The van der Waals surface area contributed by atoms with Gasteiger partial charge in [-0.3, -0.25) is 14.7 Å². The average molecular weight is 564 g/mol. The van der Waals surface area contributed by atoms with E-state index in [-0.39, 0.29) is 24.0 Å². The average Bonchev–Trinajstić information content (AvgIpc) is 3.34. The number of aliphatic imine (C=N–C) groups is 1. The van der Waals surface area contributed by atoms with Crippen LogP contribution in [-0.2, 0) is 9.53 Å². The second-order valence-corrected chi connectivity index (χ2v) is 9.28. The lowest BCUT2D eigenvalue weighted by Gasteiger charge is -2.36. The van der Waals surface area contributed by atoms with Crippen LogP contribution in [0.5, 0.6) is 0 Å². The van der Waals surface area contributed by atoms with E-state index in [0.29, 0.717) is 18.6 Å². The second-order valence-electron chi connectivity index (χ2n) is 9.28. The van der Waals surface area contributed by atoms with Crippen molar-refractivity contribution in [3.63, 3.8) is 0 Å². The maximum absolute atomic E-state index is 12.4. The van der Waals surface area contributed by atoms with E-state index in [1.54, 1.807) is 0 Å². The lowest BCUT2D eigenvalue weighted by atomic mass is 9.98. The van der Waals surface area contributed by atoms with Crippen LogP contribution in [0.1, 0.15) is 71.1 Å². The van der Waals surface area contributed by atoms with Crippen molar-refractivity contribution in [3.8, 4) is 0 Å². The summed E-state index contributed by atoms with van der Waals surface area (Å²) in [5.74, 6) is 1.34. The van der Waals surface area contributed by atoms with Crippen molar-refractivity contribution >= 4 is 35.8 Å². The molecule has 2 saturated heterocycles. The van der Waals surface area contributed by atoms with Crippen LogP contribution >= 0.6 is 24.0 Å². The number of carbonyl (C=O) groups excluding carboxylic acids is 1. The molecule has 2 aliphatic heterocycles. The molecule has 32 heavy (non-hydrogen) atoms. The normalized spacial score (nSPS) is 21.0. The predicted molar refractivity (Wildman–Crippen MR) is 142 cm³/mol. The molecule has 8 heteroatoms. The molecular weight excluding hydrogens is 517 g/mol. The molecule has 0 aromatic rings. The number of ether oxygens (including phenoxy) is 1.